The van der Waals surface area contributed by atoms with Crippen molar-refractivity contribution >= 4 is 10.0 Å². The normalized spacial score (nSPS) is 18.2. The summed E-state index contributed by atoms with van der Waals surface area (Å²) < 4.78 is 24.7. The predicted octanol–water partition coefficient (Wildman–Crippen LogP) is -1.28. The third kappa shape index (κ3) is 5.42. The number of nitrogens with zero attached hydrogens (tertiary/aromatic N) is 2. The molecule has 0 unspecified atom stereocenters. The van der Waals surface area contributed by atoms with E-state index in [0.717, 1.165) is 39.1 Å². The largest absolute Gasteiger partial charge is 0.314 e. The number of hydrogen-bond donors (Lipinski definition) is 2. The van der Waals surface area contributed by atoms with Crippen molar-refractivity contribution in [3.8, 4) is 6.07 Å². The fourth-order valence-corrected chi connectivity index (χ4v) is 2.33. The van der Waals surface area contributed by atoms with Gasteiger partial charge in [-0.3, -0.25) is 0 Å². The first-order chi connectivity index (χ1) is 7.64. The molecule has 0 aliphatic carbocycles. The van der Waals surface area contributed by atoms with Crippen LogP contribution >= 0.6 is 0 Å². The van der Waals surface area contributed by atoms with E-state index in [1.165, 1.54) is 0 Å². The zero-order chi connectivity index (χ0) is 11.9. The molecule has 0 aromatic rings. The maximum Gasteiger partial charge on any atom is 0.225 e. The number of nitriles is 1. The van der Waals surface area contributed by atoms with Gasteiger partial charge >= 0.3 is 0 Å². The van der Waals surface area contributed by atoms with Crippen molar-refractivity contribution in [2.75, 3.05) is 45.0 Å². The first-order valence-corrected chi connectivity index (χ1v) is 7.06. The molecular formula is C9H18N4O2S. The molecule has 0 aromatic carbocycles. The third-order valence-corrected chi connectivity index (χ3v) is 3.59. The predicted molar refractivity (Wildman–Crippen MR) is 61.3 cm³/mol. The first-order valence-electron chi connectivity index (χ1n) is 5.41. The van der Waals surface area contributed by atoms with Crippen LogP contribution in [0.2, 0.25) is 0 Å². The molecule has 1 saturated heterocycles. The zero-order valence-corrected chi connectivity index (χ0v) is 10.1. The third-order valence-electron chi connectivity index (χ3n) is 2.44. The topological polar surface area (TPSA) is 85.2 Å². The average Bonchev–Trinajstić information content (AvgIpc) is 2.26. The second-order valence-electron chi connectivity index (χ2n) is 3.76. The molecule has 1 aliphatic heterocycles. The van der Waals surface area contributed by atoms with E-state index in [2.05, 4.69) is 14.9 Å². The Hall–Kier alpha value is -0.680. The van der Waals surface area contributed by atoms with Crippen LogP contribution in [0.3, 0.4) is 0 Å². The molecule has 1 aliphatic rings. The average molecular weight is 246 g/mol. The van der Waals surface area contributed by atoms with Crippen molar-refractivity contribution in [1.82, 2.24) is 14.9 Å². The standard InChI is InChI=1S/C9H18N4O2S/c10-2-9-16(14,15)12-3-1-6-13-7-4-11-5-8-13/h11-12H,1,3-9H2. The summed E-state index contributed by atoms with van der Waals surface area (Å²) >= 11 is 0. The van der Waals surface area contributed by atoms with Gasteiger partial charge in [0.1, 0.15) is 0 Å². The molecule has 2 N–H and O–H groups in total. The lowest BCUT2D eigenvalue weighted by Crippen LogP contribution is -2.44. The quantitative estimate of drug-likeness (QED) is 0.571. The minimum atomic E-state index is -3.38. The lowest BCUT2D eigenvalue weighted by molar-refractivity contribution is 0.239. The lowest BCUT2D eigenvalue weighted by Gasteiger charge is -2.26. The summed E-state index contributed by atoms with van der Waals surface area (Å²) in [6, 6.07) is 1.63. The van der Waals surface area contributed by atoms with Crippen LogP contribution in [0.1, 0.15) is 6.42 Å². The molecule has 1 heterocycles. The molecule has 1 rings (SSSR count). The highest BCUT2D eigenvalue weighted by atomic mass is 32.2. The van der Waals surface area contributed by atoms with Crippen molar-refractivity contribution in [2.45, 2.75) is 6.42 Å². The van der Waals surface area contributed by atoms with Crippen molar-refractivity contribution in [3.63, 3.8) is 0 Å². The van der Waals surface area contributed by atoms with Gasteiger partial charge in [0.05, 0.1) is 6.07 Å². The maximum absolute atomic E-state index is 11.1. The Balaban J connectivity index is 2.09. The van der Waals surface area contributed by atoms with Gasteiger partial charge in [0.15, 0.2) is 5.75 Å². The Morgan fingerprint density at radius 1 is 1.38 bits per heavy atom. The Morgan fingerprint density at radius 3 is 2.69 bits per heavy atom. The van der Waals surface area contributed by atoms with Crippen LogP contribution in [-0.4, -0.2) is 58.3 Å². The highest BCUT2D eigenvalue weighted by Gasteiger charge is 2.10. The summed E-state index contributed by atoms with van der Waals surface area (Å²) in [6.45, 7) is 5.35. The van der Waals surface area contributed by atoms with E-state index in [0.29, 0.717) is 6.54 Å². The molecule has 0 radical (unpaired) electrons. The Labute approximate surface area is 96.7 Å². The summed E-state index contributed by atoms with van der Waals surface area (Å²) in [6.07, 6.45) is 0.782. The Morgan fingerprint density at radius 2 is 2.06 bits per heavy atom. The molecule has 16 heavy (non-hydrogen) atoms. The number of piperazine rings is 1. The Bertz CT molecular complexity index is 330. The summed E-state index contributed by atoms with van der Waals surface area (Å²) in [5.74, 6) is -0.458. The van der Waals surface area contributed by atoms with Crippen molar-refractivity contribution in [2.24, 2.45) is 0 Å². The summed E-state index contributed by atoms with van der Waals surface area (Å²) in [4.78, 5) is 2.30. The highest BCUT2D eigenvalue weighted by molar-refractivity contribution is 7.89. The highest BCUT2D eigenvalue weighted by Crippen LogP contribution is 1.94. The molecule has 1 fully saturated rings. The van der Waals surface area contributed by atoms with Crippen LogP contribution in [0.4, 0.5) is 0 Å². The number of sulfonamides is 1. The van der Waals surface area contributed by atoms with Gasteiger partial charge in [0.2, 0.25) is 10.0 Å². The fraction of sp³-hybridized carbons (Fsp3) is 0.889. The van der Waals surface area contributed by atoms with Gasteiger partial charge in [-0.1, -0.05) is 0 Å². The van der Waals surface area contributed by atoms with Crippen LogP contribution in [0.25, 0.3) is 0 Å². The van der Waals surface area contributed by atoms with Crippen LogP contribution in [0.15, 0.2) is 0 Å². The molecule has 0 atom stereocenters. The van der Waals surface area contributed by atoms with Gasteiger partial charge < -0.3 is 10.2 Å². The fourth-order valence-electron chi connectivity index (χ4n) is 1.60. The SMILES string of the molecule is N#CCS(=O)(=O)NCCCN1CCNCC1. The van der Waals surface area contributed by atoms with Gasteiger partial charge in [0, 0.05) is 32.7 Å². The number of rotatable bonds is 6. The monoisotopic (exact) mass is 246 g/mol. The van der Waals surface area contributed by atoms with E-state index in [9.17, 15) is 8.42 Å². The molecule has 6 nitrogen and oxygen atoms in total. The minimum Gasteiger partial charge on any atom is -0.314 e. The molecule has 0 bridgehead atoms. The molecular weight excluding hydrogens is 228 g/mol. The van der Waals surface area contributed by atoms with E-state index in [-0.39, 0.29) is 0 Å². The van der Waals surface area contributed by atoms with Crippen molar-refractivity contribution in [1.29, 1.82) is 5.26 Å². The second-order valence-corrected chi connectivity index (χ2v) is 5.56. The lowest BCUT2D eigenvalue weighted by atomic mass is 10.3. The molecule has 92 valence electrons. The van der Waals surface area contributed by atoms with Gasteiger partial charge in [-0.25, -0.2) is 13.1 Å². The van der Waals surface area contributed by atoms with E-state index in [4.69, 9.17) is 5.26 Å². The van der Waals surface area contributed by atoms with Crippen molar-refractivity contribution < 1.29 is 8.42 Å². The first kappa shape index (κ1) is 13.4. The van der Waals surface area contributed by atoms with Gasteiger partial charge in [0.25, 0.3) is 0 Å². The second kappa shape index (κ2) is 6.81. The summed E-state index contributed by atoms with van der Waals surface area (Å²) in [5, 5.41) is 11.5. The van der Waals surface area contributed by atoms with E-state index in [1.54, 1.807) is 6.07 Å². The molecule has 0 saturated carbocycles. The van der Waals surface area contributed by atoms with Crippen LogP contribution in [0, 0.1) is 11.3 Å². The number of nitrogens with one attached hydrogen (secondary N) is 2. The van der Waals surface area contributed by atoms with Crippen LogP contribution in [0.5, 0.6) is 0 Å². The number of hydrogen-bond acceptors (Lipinski definition) is 5. The molecule has 0 spiro atoms. The molecule has 7 heteroatoms. The smallest absolute Gasteiger partial charge is 0.225 e. The van der Waals surface area contributed by atoms with Gasteiger partial charge in [-0.2, -0.15) is 5.26 Å². The minimum absolute atomic E-state index is 0.411. The zero-order valence-electron chi connectivity index (χ0n) is 9.28. The maximum atomic E-state index is 11.1. The van der Waals surface area contributed by atoms with Crippen LogP contribution < -0.4 is 10.0 Å². The summed E-state index contributed by atoms with van der Waals surface area (Å²) in [5.41, 5.74) is 0. The van der Waals surface area contributed by atoms with Gasteiger partial charge in [-0.15, -0.1) is 0 Å². The van der Waals surface area contributed by atoms with Gasteiger partial charge in [-0.05, 0) is 13.0 Å². The Kier molecular flexibility index (Phi) is 5.69. The van der Waals surface area contributed by atoms with Crippen LogP contribution in [-0.2, 0) is 10.0 Å². The van der Waals surface area contributed by atoms with E-state index in [1.807, 2.05) is 0 Å². The van der Waals surface area contributed by atoms with E-state index < -0.39 is 15.8 Å². The van der Waals surface area contributed by atoms with Crippen molar-refractivity contribution in [3.05, 3.63) is 0 Å². The molecule has 0 aromatic heterocycles. The molecule has 0 amide bonds. The van der Waals surface area contributed by atoms with E-state index >= 15 is 0 Å². The summed E-state index contributed by atoms with van der Waals surface area (Å²) in [7, 11) is -3.38.